The van der Waals surface area contributed by atoms with Gasteiger partial charge in [0.2, 0.25) is 0 Å². The van der Waals surface area contributed by atoms with Gasteiger partial charge in [0, 0.05) is 11.1 Å². The van der Waals surface area contributed by atoms with E-state index in [1.54, 1.807) is 0 Å². The number of rotatable bonds is 3. The fourth-order valence-corrected chi connectivity index (χ4v) is 5.89. The fraction of sp³-hybridized carbons (Fsp3) is 1.00. The Morgan fingerprint density at radius 1 is 1.08 bits per heavy atom. The second-order valence-electron chi connectivity index (χ2n) is 6.14. The number of nitrogens with two attached hydrogens (primary N) is 1. The van der Waals surface area contributed by atoms with Gasteiger partial charge < -0.3 is 10.2 Å². The van der Waals surface area contributed by atoms with Crippen LogP contribution in [0.25, 0.3) is 0 Å². The minimum Gasteiger partial charge on any atom is -0.413 e. The van der Waals surface area contributed by atoms with Gasteiger partial charge >= 0.3 is 0 Å². The van der Waals surface area contributed by atoms with Crippen molar-refractivity contribution in [1.29, 1.82) is 0 Å². The van der Waals surface area contributed by atoms with Gasteiger partial charge in [-0.05, 0) is 53.8 Å². The van der Waals surface area contributed by atoms with Crippen LogP contribution in [0.4, 0.5) is 0 Å². The molecule has 80 valence electrons. The highest BCUT2D eigenvalue weighted by atomic mass is 28.4. The molecule has 0 saturated carbocycles. The maximum atomic E-state index is 6.06. The lowest BCUT2D eigenvalue weighted by Crippen LogP contribution is -2.47. The highest BCUT2D eigenvalue weighted by Crippen LogP contribution is 2.24. The van der Waals surface area contributed by atoms with Gasteiger partial charge in [-0.1, -0.05) is 0 Å². The fourth-order valence-electron chi connectivity index (χ4n) is 1.96. The zero-order valence-corrected chi connectivity index (χ0v) is 11.2. The van der Waals surface area contributed by atoms with Crippen LogP contribution in [-0.2, 0) is 4.43 Å². The Bertz CT molecular complexity index is 147. The predicted molar refractivity (Wildman–Crippen MR) is 61.4 cm³/mol. The second-order valence-corrected chi connectivity index (χ2v) is 10.2. The molecule has 0 aliphatic rings. The van der Waals surface area contributed by atoms with E-state index >= 15 is 0 Å². The van der Waals surface area contributed by atoms with Crippen LogP contribution in [0.5, 0.6) is 0 Å². The first-order valence-corrected chi connectivity index (χ1v) is 8.02. The smallest absolute Gasteiger partial charge is 0.189 e. The molecule has 0 unspecified atom stereocenters. The first-order valence-electron chi connectivity index (χ1n) is 4.90. The lowest BCUT2D eigenvalue weighted by molar-refractivity contribution is 0.118. The molecule has 0 heterocycles. The molecule has 2 nitrogen and oxygen atoms in total. The van der Waals surface area contributed by atoms with E-state index in [9.17, 15) is 0 Å². The number of hydrogen-bond acceptors (Lipinski definition) is 2. The van der Waals surface area contributed by atoms with Crippen molar-refractivity contribution in [2.45, 2.75) is 64.9 Å². The molecule has 0 bridgehead atoms. The Labute approximate surface area is 84.0 Å². The van der Waals surface area contributed by atoms with Crippen LogP contribution < -0.4 is 5.73 Å². The van der Waals surface area contributed by atoms with Gasteiger partial charge in [0.15, 0.2) is 8.32 Å². The van der Waals surface area contributed by atoms with Crippen molar-refractivity contribution < 1.29 is 4.43 Å². The monoisotopic (exact) mass is 203 g/mol. The lowest BCUT2D eigenvalue weighted by Gasteiger charge is -2.36. The van der Waals surface area contributed by atoms with Crippen LogP contribution >= 0.6 is 0 Å². The van der Waals surface area contributed by atoms with E-state index in [4.69, 9.17) is 10.2 Å². The maximum absolute atomic E-state index is 6.06. The van der Waals surface area contributed by atoms with Gasteiger partial charge in [0.05, 0.1) is 0 Å². The Morgan fingerprint density at radius 2 is 1.46 bits per heavy atom. The average molecular weight is 203 g/mol. The van der Waals surface area contributed by atoms with Crippen LogP contribution in [0.1, 0.15) is 34.6 Å². The van der Waals surface area contributed by atoms with E-state index in [0.717, 1.165) is 6.04 Å². The molecule has 0 aromatic heterocycles. The molecule has 0 fully saturated rings. The molecule has 0 rings (SSSR count). The molecule has 0 aliphatic heterocycles. The average Bonchev–Trinajstić information content (AvgIpc) is 1.43. The van der Waals surface area contributed by atoms with Gasteiger partial charge in [-0.15, -0.1) is 0 Å². The highest BCUT2D eigenvalue weighted by Gasteiger charge is 2.33. The van der Waals surface area contributed by atoms with Gasteiger partial charge in [0.1, 0.15) is 0 Å². The summed E-state index contributed by atoms with van der Waals surface area (Å²) in [5, 5.41) is 0. The SMILES string of the molecule is CC(C)(N)C[Si](C)(C)OC(C)(C)C. The van der Waals surface area contributed by atoms with Crippen LogP contribution in [0, 0.1) is 0 Å². The van der Waals surface area contributed by atoms with Crippen LogP contribution in [0.2, 0.25) is 19.1 Å². The van der Waals surface area contributed by atoms with E-state index < -0.39 is 8.32 Å². The second kappa shape index (κ2) is 3.71. The summed E-state index contributed by atoms with van der Waals surface area (Å²) in [4.78, 5) is 0. The summed E-state index contributed by atoms with van der Waals surface area (Å²) < 4.78 is 6.06. The molecule has 0 aromatic rings. The third-order valence-electron chi connectivity index (χ3n) is 1.46. The highest BCUT2D eigenvalue weighted by molar-refractivity contribution is 6.71. The minimum absolute atomic E-state index is 0.0407. The third-order valence-corrected chi connectivity index (χ3v) is 4.39. The summed E-state index contributed by atoms with van der Waals surface area (Å²) in [5.41, 5.74) is 5.84. The van der Waals surface area contributed by atoms with Crippen molar-refractivity contribution >= 4 is 8.32 Å². The quantitative estimate of drug-likeness (QED) is 0.716. The van der Waals surface area contributed by atoms with Crippen molar-refractivity contribution in [2.75, 3.05) is 0 Å². The molecular formula is C10H25NOSi. The number of hydrogen-bond donors (Lipinski definition) is 1. The van der Waals surface area contributed by atoms with Gasteiger partial charge in [-0.2, -0.15) is 0 Å². The summed E-state index contributed by atoms with van der Waals surface area (Å²) >= 11 is 0. The van der Waals surface area contributed by atoms with Crippen LogP contribution in [0.3, 0.4) is 0 Å². The topological polar surface area (TPSA) is 35.2 Å². The van der Waals surface area contributed by atoms with E-state index in [1.807, 2.05) is 0 Å². The molecule has 2 N–H and O–H groups in total. The largest absolute Gasteiger partial charge is 0.413 e. The van der Waals surface area contributed by atoms with E-state index in [1.165, 1.54) is 0 Å². The third kappa shape index (κ3) is 8.47. The Morgan fingerprint density at radius 3 is 1.69 bits per heavy atom. The standard InChI is InChI=1S/C10H25NOSi/c1-9(2,3)12-13(6,7)8-10(4,5)11/h8,11H2,1-7H3. The Balaban J connectivity index is 4.25. The molecule has 0 radical (unpaired) electrons. The van der Waals surface area contributed by atoms with Crippen molar-refractivity contribution in [3.8, 4) is 0 Å². The summed E-state index contributed by atoms with van der Waals surface area (Å²) in [6, 6.07) is 0.997. The van der Waals surface area contributed by atoms with Gasteiger partial charge in [0.25, 0.3) is 0 Å². The molecular weight excluding hydrogens is 178 g/mol. The van der Waals surface area contributed by atoms with Crippen LogP contribution in [0.15, 0.2) is 0 Å². The van der Waals surface area contributed by atoms with Crippen molar-refractivity contribution in [3.63, 3.8) is 0 Å². The zero-order valence-electron chi connectivity index (χ0n) is 10.2. The Kier molecular flexibility index (Phi) is 3.75. The molecule has 0 amide bonds. The summed E-state index contributed by atoms with van der Waals surface area (Å²) in [6.45, 7) is 14.9. The normalized spacial score (nSPS) is 14.8. The molecule has 0 aromatic carbocycles. The van der Waals surface area contributed by atoms with Gasteiger partial charge in [-0.25, -0.2) is 0 Å². The van der Waals surface area contributed by atoms with Crippen molar-refractivity contribution in [3.05, 3.63) is 0 Å². The van der Waals surface area contributed by atoms with E-state index in [-0.39, 0.29) is 11.1 Å². The van der Waals surface area contributed by atoms with Crippen molar-refractivity contribution in [2.24, 2.45) is 5.73 Å². The molecule has 3 heteroatoms. The first-order chi connectivity index (χ1) is 5.41. The van der Waals surface area contributed by atoms with E-state index in [0.29, 0.717) is 0 Å². The lowest BCUT2D eigenvalue weighted by atomic mass is 10.1. The summed E-state index contributed by atoms with van der Waals surface area (Å²) in [7, 11) is -1.60. The van der Waals surface area contributed by atoms with Gasteiger partial charge in [-0.3, -0.25) is 0 Å². The van der Waals surface area contributed by atoms with Crippen molar-refractivity contribution in [1.82, 2.24) is 0 Å². The van der Waals surface area contributed by atoms with Crippen LogP contribution in [-0.4, -0.2) is 19.5 Å². The Hall–Kier alpha value is 0.137. The molecule has 13 heavy (non-hydrogen) atoms. The summed E-state index contributed by atoms with van der Waals surface area (Å²) in [6.07, 6.45) is 0. The molecule has 0 aliphatic carbocycles. The molecule has 0 saturated heterocycles. The molecule has 0 spiro atoms. The van der Waals surface area contributed by atoms with E-state index in [2.05, 4.69) is 47.7 Å². The summed E-state index contributed by atoms with van der Waals surface area (Å²) in [5.74, 6) is 0. The maximum Gasteiger partial charge on any atom is 0.189 e. The minimum atomic E-state index is -1.60. The predicted octanol–water partition coefficient (Wildman–Crippen LogP) is 2.74. The first kappa shape index (κ1) is 13.1. The zero-order chi connectivity index (χ0) is 10.9. The molecule has 0 atom stereocenters.